The number of carbonyl (C=O) groups is 1. The van der Waals surface area contributed by atoms with Gasteiger partial charge in [0.2, 0.25) is 0 Å². The van der Waals surface area contributed by atoms with Crippen molar-refractivity contribution in [2.45, 2.75) is 45.1 Å². The Balaban J connectivity index is 0.00000576. The van der Waals surface area contributed by atoms with E-state index in [1.807, 2.05) is 6.92 Å². The van der Waals surface area contributed by atoms with Gasteiger partial charge in [-0.1, -0.05) is 44.5 Å². The van der Waals surface area contributed by atoms with Gasteiger partial charge in [0.15, 0.2) is 0 Å². The second-order valence-corrected chi connectivity index (χ2v) is 6.39. The van der Waals surface area contributed by atoms with E-state index in [2.05, 4.69) is 6.58 Å². The number of ether oxygens (including phenoxy) is 1. The first kappa shape index (κ1) is 24.1. The molecule has 0 saturated carbocycles. The van der Waals surface area contributed by atoms with Crippen LogP contribution in [0.1, 0.15) is 39.0 Å². The van der Waals surface area contributed by atoms with Crippen molar-refractivity contribution in [3.63, 3.8) is 0 Å². The summed E-state index contributed by atoms with van der Waals surface area (Å²) in [6, 6.07) is 8.13. The summed E-state index contributed by atoms with van der Waals surface area (Å²) >= 11 is 0. The quantitative estimate of drug-likeness (QED) is 0.240. The van der Waals surface area contributed by atoms with Crippen molar-refractivity contribution in [1.29, 1.82) is 0 Å². The molecular formula is C17H25NaO6S. The Morgan fingerprint density at radius 1 is 1.20 bits per heavy atom. The Morgan fingerprint density at radius 3 is 2.44 bits per heavy atom. The Labute approximate surface area is 172 Å². The molecule has 6 nitrogen and oxygen atoms in total. The molecule has 0 spiro atoms. The van der Waals surface area contributed by atoms with Gasteiger partial charge in [0.05, 0.1) is 6.61 Å². The van der Waals surface area contributed by atoms with Crippen LogP contribution in [0.15, 0.2) is 43.0 Å². The molecule has 1 aromatic carbocycles. The van der Waals surface area contributed by atoms with Crippen molar-refractivity contribution in [2.75, 3.05) is 6.61 Å². The zero-order chi connectivity index (χ0) is 17.8. The summed E-state index contributed by atoms with van der Waals surface area (Å²) in [5, 5.41) is 0. The average molecular weight is 380 g/mol. The fourth-order valence-corrected chi connectivity index (χ4v) is 2.71. The van der Waals surface area contributed by atoms with Gasteiger partial charge < -0.3 is 8.92 Å². The number of hydrogen-bond donors (Lipinski definition) is 0. The standard InChI is InChI=1S/C17H24O6S.Na.H/c1-3-5-10-15(22-17(18)4-2)13-9-14-21-24(19,20)23-16-11-7-6-8-12-16;;/h4,6-8,11-12,15H,2-3,5,9-10,13-14H2,1H3;;. The van der Waals surface area contributed by atoms with Crippen molar-refractivity contribution < 1.29 is 26.3 Å². The zero-order valence-electron chi connectivity index (χ0n) is 13.8. The topological polar surface area (TPSA) is 78.9 Å². The van der Waals surface area contributed by atoms with E-state index in [0.717, 1.165) is 25.3 Å². The number of esters is 1. The van der Waals surface area contributed by atoms with Gasteiger partial charge >= 0.3 is 45.9 Å². The number of para-hydroxylation sites is 1. The summed E-state index contributed by atoms with van der Waals surface area (Å²) < 4.78 is 38.2. The van der Waals surface area contributed by atoms with Crippen LogP contribution in [0.2, 0.25) is 0 Å². The number of benzene rings is 1. The Kier molecular flexibility index (Phi) is 12.9. The maximum absolute atomic E-state index is 11.7. The molecule has 1 unspecified atom stereocenters. The molecule has 8 heteroatoms. The van der Waals surface area contributed by atoms with Gasteiger partial charge in [-0.25, -0.2) is 8.98 Å². The van der Waals surface area contributed by atoms with Crippen LogP contribution in [-0.4, -0.2) is 56.7 Å². The molecule has 0 aromatic heterocycles. The van der Waals surface area contributed by atoms with Crippen molar-refractivity contribution in [3.05, 3.63) is 43.0 Å². The van der Waals surface area contributed by atoms with Gasteiger partial charge in [-0.3, -0.25) is 0 Å². The molecule has 0 amide bonds. The first-order chi connectivity index (χ1) is 11.5. The molecule has 0 radical (unpaired) electrons. The predicted molar refractivity (Wildman–Crippen MR) is 97.9 cm³/mol. The van der Waals surface area contributed by atoms with E-state index in [0.29, 0.717) is 12.8 Å². The summed E-state index contributed by atoms with van der Waals surface area (Å²) in [6.07, 6.45) is 4.42. The van der Waals surface area contributed by atoms with Gasteiger partial charge in [-0.2, -0.15) is 8.42 Å². The van der Waals surface area contributed by atoms with Crippen LogP contribution in [0.25, 0.3) is 0 Å². The third kappa shape index (κ3) is 11.4. The number of hydrogen-bond acceptors (Lipinski definition) is 6. The molecule has 0 fully saturated rings. The Morgan fingerprint density at radius 2 is 1.84 bits per heavy atom. The van der Waals surface area contributed by atoms with Gasteiger partial charge in [0, 0.05) is 6.08 Å². The molecule has 1 aromatic rings. The van der Waals surface area contributed by atoms with Crippen LogP contribution < -0.4 is 4.18 Å². The Hall–Kier alpha value is -0.860. The summed E-state index contributed by atoms with van der Waals surface area (Å²) in [7, 11) is -4.10. The molecule has 0 aliphatic rings. The molecular weight excluding hydrogens is 355 g/mol. The molecule has 136 valence electrons. The van der Waals surface area contributed by atoms with Crippen LogP contribution >= 0.6 is 0 Å². The fraction of sp³-hybridized carbons (Fsp3) is 0.471. The average Bonchev–Trinajstić information content (AvgIpc) is 2.56. The molecule has 0 saturated heterocycles. The summed E-state index contributed by atoms with van der Waals surface area (Å²) in [4.78, 5) is 11.3. The van der Waals surface area contributed by atoms with Gasteiger partial charge in [0.25, 0.3) is 0 Å². The Bertz CT molecular complexity index is 603. The van der Waals surface area contributed by atoms with Crippen LogP contribution in [-0.2, 0) is 24.1 Å². The van der Waals surface area contributed by atoms with E-state index in [9.17, 15) is 13.2 Å². The number of rotatable bonds is 12. The normalized spacial score (nSPS) is 11.9. The molecule has 0 N–H and O–H groups in total. The number of carbonyl (C=O) groups excluding carboxylic acids is 1. The van der Waals surface area contributed by atoms with Crippen molar-refractivity contribution in [3.8, 4) is 5.75 Å². The minimum absolute atomic E-state index is 0. The predicted octanol–water partition coefficient (Wildman–Crippen LogP) is 2.75. The summed E-state index contributed by atoms with van der Waals surface area (Å²) in [6.45, 7) is 5.37. The van der Waals surface area contributed by atoms with Crippen LogP contribution in [0, 0.1) is 0 Å². The van der Waals surface area contributed by atoms with E-state index in [1.54, 1.807) is 18.2 Å². The second-order valence-electron chi connectivity index (χ2n) is 5.17. The fourth-order valence-electron chi connectivity index (χ4n) is 2.00. The maximum atomic E-state index is 11.7. The molecule has 1 atom stereocenters. The van der Waals surface area contributed by atoms with E-state index >= 15 is 0 Å². The summed E-state index contributed by atoms with van der Waals surface area (Å²) in [5.74, 6) is -0.282. The first-order valence-electron chi connectivity index (χ1n) is 7.93. The SMILES string of the molecule is C=CC(=O)OC(CCCC)CCCOS(=O)(=O)Oc1ccccc1.[NaH]. The van der Waals surface area contributed by atoms with Crippen LogP contribution in [0.4, 0.5) is 0 Å². The molecule has 1 rings (SSSR count). The van der Waals surface area contributed by atoms with Crippen LogP contribution in [0.3, 0.4) is 0 Å². The minimum atomic E-state index is -4.10. The third-order valence-electron chi connectivity index (χ3n) is 3.17. The first-order valence-corrected chi connectivity index (χ1v) is 9.27. The summed E-state index contributed by atoms with van der Waals surface area (Å²) in [5.41, 5.74) is 0. The zero-order valence-corrected chi connectivity index (χ0v) is 14.7. The second kappa shape index (κ2) is 13.4. The molecule has 0 bridgehead atoms. The monoisotopic (exact) mass is 380 g/mol. The van der Waals surface area contributed by atoms with Gasteiger partial charge in [-0.05, 0) is 31.4 Å². The van der Waals surface area contributed by atoms with Gasteiger partial charge in [-0.15, -0.1) is 0 Å². The van der Waals surface area contributed by atoms with E-state index in [4.69, 9.17) is 13.1 Å². The van der Waals surface area contributed by atoms with Gasteiger partial charge in [0.1, 0.15) is 11.9 Å². The van der Waals surface area contributed by atoms with E-state index in [-0.39, 0.29) is 48.0 Å². The van der Waals surface area contributed by atoms with Crippen LogP contribution in [0.5, 0.6) is 5.75 Å². The third-order valence-corrected chi connectivity index (χ3v) is 4.02. The molecule has 0 heterocycles. The van der Waals surface area contributed by atoms with E-state index in [1.165, 1.54) is 12.1 Å². The van der Waals surface area contributed by atoms with Crippen molar-refractivity contribution >= 4 is 45.9 Å². The molecule has 25 heavy (non-hydrogen) atoms. The van der Waals surface area contributed by atoms with E-state index < -0.39 is 16.4 Å². The number of unbranched alkanes of at least 4 members (excludes halogenated alkanes) is 1. The van der Waals surface area contributed by atoms with Crippen molar-refractivity contribution in [2.24, 2.45) is 0 Å². The molecule has 0 aliphatic heterocycles. The van der Waals surface area contributed by atoms with Crippen molar-refractivity contribution in [1.82, 2.24) is 0 Å². The molecule has 0 aliphatic carbocycles.